The zero-order valence-electron chi connectivity index (χ0n) is 16.2. The van der Waals surface area contributed by atoms with E-state index in [-0.39, 0.29) is 17.7 Å². The van der Waals surface area contributed by atoms with E-state index in [1.165, 1.54) is 0 Å². The van der Waals surface area contributed by atoms with Crippen LogP contribution in [-0.4, -0.2) is 16.0 Å². The number of pyridine rings is 1. The second kappa shape index (κ2) is 7.74. The maximum absolute atomic E-state index is 12.3. The van der Waals surface area contributed by atoms with Crippen molar-refractivity contribution in [3.8, 4) is 11.1 Å². The first-order chi connectivity index (χ1) is 12.8. The lowest BCUT2D eigenvalue weighted by Crippen LogP contribution is -2.14. The highest BCUT2D eigenvalue weighted by atomic mass is 16.5. The van der Waals surface area contributed by atoms with E-state index in [1.54, 1.807) is 6.07 Å². The molecule has 1 N–H and O–H groups in total. The highest BCUT2D eigenvalue weighted by molar-refractivity contribution is 5.91. The van der Waals surface area contributed by atoms with Crippen LogP contribution in [-0.2, 0) is 23.1 Å². The number of nitrogens with zero attached hydrogens (tertiary/aromatic N) is 2. The minimum Gasteiger partial charge on any atom is -0.359 e. The van der Waals surface area contributed by atoms with Gasteiger partial charge in [-0.25, -0.2) is 0 Å². The van der Waals surface area contributed by atoms with Crippen LogP contribution in [0.3, 0.4) is 0 Å². The second-order valence-electron chi connectivity index (χ2n) is 7.64. The van der Waals surface area contributed by atoms with E-state index in [4.69, 9.17) is 4.52 Å². The second-order valence-corrected chi connectivity index (χ2v) is 7.64. The number of anilines is 1. The lowest BCUT2D eigenvalue weighted by atomic mass is 9.93. The van der Waals surface area contributed by atoms with Gasteiger partial charge in [0.1, 0.15) is 5.76 Å². The van der Waals surface area contributed by atoms with Crippen LogP contribution >= 0.6 is 0 Å². The van der Waals surface area contributed by atoms with Crippen molar-refractivity contribution in [3.63, 3.8) is 0 Å². The van der Waals surface area contributed by atoms with E-state index in [9.17, 15) is 4.79 Å². The van der Waals surface area contributed by atoms with E-state index in [1.807, 2.05) is 57.3 Å². The number of rotatable bonds is 5. The SMILES string of the molecule is CCc1ccc(-c2ccc(CC(=O)Nc3cc(C(C)(C)C)on3)cc2)cn1. The largest absolute Gasteiger partial charge is 0.359 e. The first-order valence-electron chi connectivity index (χ1n) is 9.16. The summed E-state index contributed by atoms with van der Waals surface area (Å²) in [7, 11) is 0. The molecule has 1 amide bonds. The Morgan fingerprint density at radius 3 is 2.33 bits per heavy atom. The average molecular weight is 363 g/mol. The molecule has 0 saturated carbocycles. The van der Waals surface area contributed by atoms with Crippen molar-refractivity contribution < 1.29 is 9.32 Å². The molecule has 0 fully saturated rings. The van der Waals surface area contributed by atoms with Gasteiger partial charge in [-0.1, -0.05) is 63.2 Å². The van der Waals surface area contributed by atoms with Crippen molar-refractivity contribution in [2.45, 2.75) is 46.0 Å². The van der Waals surface area contributed by atoms with Crippen molar-refractivity contribution in [3.05, 3.63) is 65.7 Å². The van der Waals surface area contributed by atoms with Crippen molar-refractivity contribution in [2.24, 2.45) is 0 Å². The summed E-state index contributed by atoms with van der Waals surface area (Å²) in [6.07, 6.45) is 3.10. The van der Waals surface area contributed by atoms with Crippen LogP contribution in [0, 0.1) is 0 Å². The molecule has 0 spiro atoms. The lowest BCUT2D eigenvalue weighted by Gasteiger charge is -2.12. The zero-order valence-corrected chi connectivity index (χ0v) is 16.2. The standard InChI is InChI=1S/C22H25N3O2/c1-5-18-11-10-17(14-23-18)16-8-6-15(7-9-16)12-21(26)24-20-13-19(27-25-20)22(2,3)4/h6-11,13-14H,5,12H2,1-4H3,(H,24,25,26). The number of aromatic nitrogens is 2. The lowest BCUT2D eigenvalue weighted by molar-refractivity contribution is -0.115. The molecule has 0 atom stereocenters. The van der Waals surface area contributed by atoms with Gasteiger partial charge in [0.25, 0.3) is 0 Å². The van der Waals surface area contributed by atoms with Crippen LogP contribution in [0.5, 0.6) is 0 Å². The number of benzene rings is 1. The molecule has 0 aliphatic carbocycles. The molecular formula is C22H25N3O2. The maximum Gasteiger partial charge on any atom is 0.230 e. The normalized spacial score (nSPS) is 11.4. The number of hydrogen-bond donors (Lipinski definition) is 1. The fourth-order valence-corrected chi connectivity index (χ4v) is 2.68. The third-order valence-corrected chi connectivity index (χ3v) is 4.36. The molecule has 0 saturated heterocycles. The monoisotopic (exact) mass is 363 g/mol. The smallest absolute Gasteiger partial charge is 0.230 e. The first kappa shape index (κ1) is 18.8. The van der Waals surface area contributed by atoms with Gasteiger partial charge in [0.05, 0.1) is 6.42 Å². The minimum absolute atomic E-state index is 0.120. The molecule has 0 aliphatic heterocycles. The van der Waals surface area contributed by atoms with Crippen molar-refractivity contribution in [1.82, 2.24) is 10.1 Å². The Balaban J connectivity index is 1.62. The predicted molar refractivity (Wildman–Crippen MR) is 107 cm³/mol. The molecule has 1 aromatic carbocycles. The van der Waals surface area contributed by atoms with Gasteiger partial charge in [0.2, 0.25) is 5.91 Å². The topological polar surface area (TPSA) is 68.0 Å². The quantitative estimate of drug-likeness (QED) is 0.708. The van der Waals surface area contributed by atoms with Gasteiger partial charge in [0.15, 0.2) is 5.82 Å². The van der Waals surface area contributed by atoms with Gasteiger partial charge in [0, 0.05) is 28.9 Å². The van der Waals surface area contributed by atoms with Gasteiger partial charge in [-0.05, 0) is 23.6 Å². The number of carbonyl (C=O) groups is 1. The van der Waals surface area contributed by atoms with Crippen LogP contribution in [0.4, 0.5) is 5.82 Å². The van der Waals surface area contributed by atoms with Crippen molar-refractivity contribution >= 4 is 11.7 Å². The molecule has 3 aromatic rings. The molecular weight excluding hydrogens is 338 g/mol. The zero-order chi connectivity index (χ0) is 19.4. The van der Waals surface area contributed by atoms with Crippen LogP contribution in [0.25, 0.3) is 11.1 Å². The molecule has 5 nitrogen and oxygen atoms in total. The summed E-state index contributed by atoms with van der Waals surface area (Å²) in [5.74, 6) is 1.07. The maximum atomic E-state index is 12.3. The van der Waals surface area contributed by atoms with E-state index in [0.717, 1.165) is 34.6 Å². The van der Waals surface area contributed by atoms with Gasteiger partial charge in [-0.3, -0.25) is 9.78 Å². The van der Waals surface area contributed by atoms with Crippen LogP contribution in [0.15, 0.2) is 53.2 Å². The Bertz CT molecular complexity index is 904. The molecule has 0 unspecified atom stereocenters. The molecule has 27 heavy (non-hydrogen) atoms. The summed E-state index contributed by atoms with van der Waals surface area (Å²) >= 11 is 0. The Kier molecular flexibility index (Phi) is 5.40. The number of hydrogen-bond acceptors (Lipinski definition) is 4. The molecule has 3 rings (SSSR count). The summed E-state index contributed by atoms with van der Waals surface area (Å²) in [6.45, 7) is 8.19. The van der Waals surface area contributed by atoms with Gasteiger partial charge in [-0.2, -0.15) is 0 Å². The van der Waals surface area contributed by atoms with Crippen molar-refractivity contribution in [2.75, 3.05) is 5.32 Å². The van der Waals surface area contributed by atoms with Crippen LogP contribution in [0.2, 0.25) is 0 Å². The van der Waals surface area contributed by atoms with Crippen molar-refractivity contribution in [1.29, 1.82) is 0 Å². The fraction of sp³-hybridized carbons (Fsp3) is 0.318. The average Bonchev–Trinajstić information content (AvgIpc) is 3.11. The van der Waals surface area contributed by atoms with Crippen LogP contribution in [0.1, 0.15) is 44.7 Å². The van der Waals surface area contributed by atoms with E-state index in [0.29, 0.717) is 5.82 Å². The molecule has 5 heteroatoms. The molecule has 2 aromatic heterocycles. The fourth-order valence-electron chi connectivity index (χ4n) is 2.68. The Labute approximate surface area is 159 Å². The van der Waals surface area contributed by atoms with Crippen LogP contribution < -0.4 is 5.32 Å². The number of nitrogens with one attached hydrogen (secondary N) is 1. The highest BCUT2D eigenvalue weighted by Crippen LogP contribution is 2.24. The summed E-state index contributed by atoms with van der Waals surface area (Å²) < 4.78 is 5.29. The molecule has 0 radical (unpaired) electrons. The van der Waals surface area contributed by atoms with E-state index in [2.05, 4.69) is 28.4 Å². The minimum atomic E-state index is -0.143. The molecule has 0 bridgehead atoms. The predicted octanol–water partition coefficient (Wildman–Crippen LogP) is 4.78. The van der Waals surface area contributed by atoms with E-state index < -0.39 is 0 Å². The van der Waals surface area contributed by atoms with Gasteiger partial charge in [-0.15, -0.1) is 0 Å². The number of amides is 1. The summed E-state index contributed by atoms with van der Waals surface area (Å²) in [4.78, 5) is 16.7. The first-order valence-corrected chi connectivity index (χ1v) is 9.16. The number of aryl methyl sites for hydroxylation is 1. The molecule has 0 aliphatic rings. The Morgan fingerprint density at radius 2 is 1.78 bits per heavy atom. The van der Waals surface area contributed by atoms with Gasteiger partial charge < -0.3 is 9.84 Å². The Hall–Kier alpha value is -2.95. The Morgan fingerprint density at radius 1 is 1.07 bits per heavy atom. The third kappa shape index (κ3) is 4.82. The third-order valence-electron chi connectivity index (χ3n) is 4.36. The summed E-state index contributed by atoms with van der Waals surface area (Å²) in [5.41, 5.74) is 4.03. The highest BCUT2D eigenvalue weighted by Gasteiger charge is 2.20. The summed E-state index contributed by atoms with van der Waals surface area (Å²) in [5, 5.41) is 6.71. The van der Waals surface area contributed by atoms with Gasteiger partial charge >= 0.3 is 0 Å². The number of carbonyl (C=O) groups excluding carboxylic acids is 1. The molecule has 140 valence electrons. The summed E-state index contributed by atoms with van der Waals surface area (Å²) in [6, 6.07) is 13.8. The van der Waals surface area contributed by atoms with E-state index >= 15 is 0 Å². The molecule has 2 heterocycles.